The average molecular weight is 373 g/mol. The number of aryl methyl sites for hydroxylation is 1. The van der Waals surface area contributed by atoms with Gasteiger partial charge in [-0.15, -0.1) is 0 Å². The Morgan fingerprint density at radius 3 is 2.68 bits per heavy atom. The Morgan fingerprint density at radius 2 is 1.86 bits per heavy atom. The zero-order chi connectivity index (χ0) is 19.3. The lowest BCUT2D eigenvalue weighted by molar-refractivity contribution is 0.400. The molecule has 7 heteroatoms. The molecular weight excluding hydrogens is 350 g/mol. The number of nitrogens with zero attached hydrogens (tertiary/aromatic N) is 6. The zero-order valence-electron chi connectivity index (χ0n) is 16.1. The van der Waals surface area contributed by atoms with Crippen LogP contribution in [0.5, 0.6) is 0 Å². The van der Waals surface area contributed by atoms with Crippen molar-refractivity contribution in [3.8, 4) is 5.82 Å². The number of anilines is 2. The Bertz CT molecular complexity index is 1050. The third kappa shape index (κ3) is 4.15. The molecule has 0 fully saturated rings. The summed E-state index contributed by atoms with van der Waals surface area (Å²) in [6, 6.07) is 14.0. The van der Waals surface area contributed by atoms with Crippen LogP contribution in [-0.2, 0) is 6.42 Å². The zero-order valence-corrected chi connectivity index (χ0v) is 16.1. The molecule has 1 aromatic carbocycles. The van der Waals surface area contributed by atoms with Crippen molar-refractivity contribution >= 4 is 22.7 Å². The highest BCUT2D eigenvalue weighted by atomic mass is 15.1. The second-order valence-corrected chi connectivity index (χ2v) is 6.95. The summed E-state index contributed by atoms with van der Waals surface area (Å²) in [5.74, 6) is 2.21. The van der Waals surface area contributed by atoms with E-state index in [1.165, 1.54) is 5.56 Å². The highest BCUT2D eigenvalue weighted by Gasteiger charge is 2.07. The van der Waals surface area contributed by atoms with Crippen molar-refractivity contribution < 1.29 is 0 Å². The van der Waals surface area contributed by atoms with E-state index in [1.54, 1.807) is 12.7 Å². The van der Waals surface area contributed by atoms with Crippen LogP contribution in [0.15, 0.2) is 61.3 Å². The molecule has 3 aromatic heterocycles. The first-order valence-electron chi connectivity index (χ1n) is 9.30. The summed E-state index contributed by atoms with van der Waals surface area (Å²) in [5.41, 5.74) is 3.18. The van der Waals surface area contributed by atoms with Crippen molar-refractivity contribution in [2.75, 3.05) is 26.0 Å². The SMILES string of the molecule is CN(C)CCCc1ccc(Nc2cc(-n3cnc4ccccc43)ncn2)nc1. The highest BCUT2D eigenvalue weighted by molar-refractivity contribution is 5.77. The second-order valence-electron chi connectivity index (χ2n) is 6.95. The van der Waals surface area contributed by atoms with Crippen molar-refractivity contribution in [1.29, 1.82) is 0 Å². The molecule has 0 amide bonds. The average Bonchev–Trinajstić information content (AvgIpc) is 3.13. The summed E-state index contributed by atoms with van der Waals surface area (Å²) >= 11 is 0. The second kappa shape index (κ2) is 8.14. The molecule has 0 atom stereocenters. The summed E-state index contributed by atoms with van der Waals surface area (Å²) in [5, 5.41) is 3.25. The number of nitrogens with one attached hydrogen (secondary N) is 1. The molecule has 0 saturated carbocycles. The molecule has 0 unspecified atom stereocenters. The molecule has 3 heterocycles. The molecule has 0 spiro atoms. The van der Waals surface area contributed by atoms with Crippen molar-refractivity contribution in [3.05, 3.63) is 66.9 Å². The summed E-state index contributed by atoms with van der Waals surface area (Å²) in [6.45, 7) is 1.08. The molecule has 0 aliphatic heterocycles. The van der Waals surface area contributed by atoms with Crippen molar-refractivity contribution in [2.24, 2.45) is 0 Å². The van der Waals surface area contributed by atoms with Gasteiger partial charge in [-0.3, -0.25) is 4.57 Å². The van der Waals surface area contributed by atoms with Crippen LogP contribution in [0.1, 0.15) is 12.0 Å². The number of benzene rings is 1. The largest absolute Gasteiger partial charge is 0.325 e. The van der Waals surface area contributed by atoms with Crippen LogP contribution in [0.25, 0.3) is 16.9 Å². The lowest BCUT2D eigenvalue weighted by Crippen LogP contribution is -2.13. The van der Waals surface area contributed by atoms with Gasteiger partial charge >= 0.3 is 0 Å². The van der Waals surface area contributed by atoms with E-state index in [0.29, 0.717) is 5.82 Å². The van der Waals surface area contributed by atoms with Crippen LogP contribution in [0, 0.1) is 0 Å². The van der Waals surface area contributed by atoms with Crippen LogP contribution in [0.4, 0.5) is 11.6 Å². The summed E-state index contributed by atoms with van der Waals surface area (Å²) in [4.78, 5) is 19.8. The van der Waals surface area contributed by atoms with E-state index in [2.05, 4.69) is 50.3 Å². The Hall–Kier alpha value is -3.32. The van der Waals surface area contributed by atoms with E-state index in [4.69, 9.17) is 0 Å². The molecular formula is C21H23N7. The quantitative estimate of drug-likeness (QED) is 0.535. The predicted octanol–water partition coefficient (Wildman–Crippen LogP) is 3.45. The third-order valence-electron chi connectivity index (χ3n) is 4.50. The topological polar surface area (TPSA) is 71.8 Å². The molecule has 28 heavy (non-hydrogen) atoms. The van der Waals surface area contributed by atoms with E-state index in [-0.39, 0.29) is 0 Å². The third-order valence-corrected chi connectivity index (χ3v) is 4.50. The van der Waals surface area contributed by atoms with Gasteiger partial charge in [-0.2, -0.15) is 0 Å². The monoisotopic (exact) mass is 373 g/mol. The fraction of sp³-hybridized carbons (Fsp3) is 0.238. The molecule has 142 valence electrons. The van der Waals surface area contributed by atoms with E-state index < -0.39 is 0 Å². The fourth-order valence-corrected chi connectivity index (χ4v) is 3.07. The first-order valence-corrected chi connectivity index (χ1v) is 9.30. The maximum atomic E-state index is 4.51. The maximum Gasteiger partial charge on any atom is 0.143 e. The van der Waals surface area contributed by atoms with Gasteiger partial charge in [0.15, 0.2) is 0 Å². The summed E-state index contributed by atoms with van der Waals surface area (Å²) < 4.78 is 1.95. The molecule has 0 bridgehead atoms. The fourth-order valence-electron chi connectivity index (χ4n) is 3.07. The summed E-state index contributed by atoms with van der Waals surface area (Å²) in [6.07, 6.45) is 7.38. The van der Waals surface area contributed by atoms with Gasteiger partial charge in [0.2, 0.25) is 0 Å². The van der Waals surface area contributed by atoms with E-state index in [9.17, 15) is 0 Å². The number of pyridine rings is 1. The van der Waals surface area contributed by atoms with Gasteiger partial charge in [0.25, 0.3) is 0 Å². The predicted molar refractivity (Wildman–Crippen MR) is 111 cm³/mol. The normalized spacial score (nSPS) is 11.2. The van der Waals surface area contributed by atoms with Crippen LogP contribution in [-0.4, -0.2) is 50.0 Å². The lowest BCUT2D eigenvalue weighted by Gasteiger charge is -2.10. The Morgan fingerprint density at radius 1 is 0.964 bits per heavy atom. The van der Waals surface area contributed by atoms with Gasteiger partial charge in [0.1, 0.15) is 30.1 Å². The molecule has 1 N–H and O–H groups in total. The van der Waals surface area contributed by atoms with E-state index in [1.807, 2.05) is 47.2 Å². The number of rotatable bonds is 7. The first kappa shape index (κ1) is 18.1. The highest BCUT2D eigenvalue weighted by Crippen LogP contribution is 2.19. The molecule has 7 nitrogen and oxygen atoms in total. The number of para-hydroxylation sites is 2. The number of hydrogen-bond donors (Lipinski definition) is 1. The molecule has 0 aliphatic carbocycles. The lowest BCUT2D eigenvalue weighted by atomic mass is 10.1. The minimum absolute atomic E-state index is 0.690. The number of hydrogen-bond acceptors (Lipinski definition) is 6. The van der Waals surface area contributed by atoms with E-state index in [0.717, 1.165) is 42.1 Å². The van der Waals surface area contributed by atoms with Gasteiger partial charge in [-0.25, -0.2) is 19.9 Å². The first-order chi connectivity index (χ1) is 13.7. The van der Waals surface area contributed by atoms with Crippen LogP contribution < -0.4 is 5.32 Å². The van der Waals surface area contributed by atoms with Gasteiger partial charge in [0.05, 0.1) is 11.0 Å². The Labute approximate surface area is 164 Å². The maximum absolute atomic E-state index is 4.51. The molecule has 0 radical (unpaired) electrons. The van der Waals surface area contributed by atoms with Crippen molar-refractivity contribution in [3.63, 3.8) is 0 Å². The van der Waals surface area contributed by atoms with Crippen molar-refractivity contribution in [1.82, 2.24) is 29.4 Å². The van der Waals surface area contributed by atoms with Gasteiger partial charge < -0.3 is 10.2 Å². The number of imidazole rings is 1. The number of aromatic nitrogens is 5. The molecule has 0 aliphatic rings. The van der Waals surface area contributed by atoms with Crippen LogP contribution in [0.2, 0.25) is 0 Å². The smallest absolute Gasteiger partial charge is 0.143 e. The molecule has 4 rings (SSSR count). The minimum atomic E-state index is 0.690. The van der Waals surface area contributed by atoms with Gasteiger partial charge in [0, 0.05) is 12.3 Å². The van der Waals surface area contributed by atoms with Crippen molar-refractivity contribution in [2.45, 2.75) is 12.8 Å². The standard InChI is InChI=1S/C21H23N7/c1-27(2)11-5-6-16-9-10-19(22-13-16)26-20-12-21(24-14-23-20)28-15-25-17-7-3-4-8-18(17)28/h3-4,7-10,12-15H,5-6,11H2,1-2H3,(H,22,23,24,26). The van der Waals surface area contributed by atoms with Crippen LogP contribution >= 0.6 is 0 Å². The van der Waals surface area contributed by atoms with E-state index >= 15 is 0 Å². The molecule has 0 saturated heterocycles. The minimum Gasteiger partial charge on any atom is -0.325 e. The Kier molecular flexibility index (Phi) is 5.25. The molecule has 4 aromatic rings. The summed E-state index contributed by atoms with van der Waals surface area (Å²) in [7, 11) is 4.18. The van der Waals surface area contributed by atoms with Gasteiger partial charge in [-0.1, -0.05) is 18.2 Å². The Balaban J connectivity index is 1.48. The van der Waals surface area contributed by atoms with Crippen LogP contribution in [0.3, 0.4) is 0 Å². The van der Waals surface area contributed by atoms with Gasteiger partial charge in [-0.05, 0) is 57.2 Å². The number of fused-ring (bicyclic) bond motifs is 1.